The first-order valence-corrected chi connectivity index (χ1v) is 6.90. The molecule has 94 valence electrons. The van der Waals surface area contributed by atoms with Crippen LogP contribution in [0.1, 0.15) is 6.42 Å². The second kappa shape index (κ2) is 8.14. The molecular weight excluding hydrogens is 232 g/mol. The van der Waals surface area contributed by atoms with Crippen LogP contribution in [-0.4, -0.2) is 38.8 Å². The fourth-order valence-electron chi connectivity index (χ4n) is 1.39. The minimum atomic E-state index is 0.118. The number of hydrogen-bond acceptors (Lipinski definition) is 2. The molecule has 0 atom stereocenters. The summed E-state index contributed by atoms with van der Waals surface area (Å²) in [5.41, 5.74) is 0. The number of carbonyl (C=O) groups excluding carboxylic acids is 1. The van der Waals surface area contributed by atoms with E-state index in [2.05, 4.69) is 19.4 Å². The zero-order chi connectivity index (χ0) is 12.5. The molecule has 0 saturated carbocycles. The zero-order valence-electron chi connectivity index (χ0n) is 10.5. The average molecular weight is 253 g/mol. The number of benzene rings is 1. The molecule has 1 rings (SSSR count). The van der Waals surface area contributed by atoms with Crippen LogP contribution in [-0.2, 0) is 4.79 Å². The molecule has 0 aliphatic heterocycles. The maximum atomic E-state index is 11.5. The van der Waals surface area contributed by atoms with Gasteiger partial charge in [-0.25, -0.2) is 0 Å². The molecule has 0 radical (unpaired) electrons. The lowest BCUT2D eigenvalue weighted by Crippen LogP contribution is -3.05. The van der Waals surface area contributed by atoms with Crippen molar-refractivity contribution >= 4 is 17.7 Å². The Kier molecular flexibility index (Phi) is 6.74. The smallest absolute Gasteiger partial charge is 0.230 e. The Balaban J connectivity index is 2.09. The Morgan fingerprint density at radius 1 is 1.29 bits per heavy atom. The van der Waals surface area contributed by atoms with Gasteiger partial charge in [0.1, 0.15) is 0 Å². The predicted octanol–water partition coefficient (Wildman–Crippen LogP) is 0.430. The fourth-order valence-corrected chi connectivity index (χ4v) is 2.14. The third-order valence-electron chi connectivity index (χ3n) is 2.29. The Bertz CT molecular complexity index is 327. The van der Waals surface area contributed by atoms with Crippen LogP contribution in [0, 0.1) is 0 Å². The molecule has 0 saturated heterocycles. The molecule has 0 fully saturated rings. The molecule has 0 aliphatic rings. The number of nitrogens with one attached hydrogen (secondary N) is 2. The summed E-state index contributed by atoms with van der Waals surface area (Å²) >= 11 is 1.58. The summed E-state index contributed by atoms with van der Waals surface area (Å²) in [6.45, 7) is 1.87. The molecule has 0 aliphatic carbocycles. The second-order valence-corrected chi connectivity index (χ2v) is 5.31. The summed E-state index contributed by atoms with van der Waals surface area (Å²) in [4.78, 5) is 14.1. The van der Waals surface area contributed by atoms with E-state index in [1.807, 2.05) is 30.3 Å². The van der Waals surface area contributed by atoms with Crippen LogP contribution < -0.4 is 10.2 Å². The Hall–Kier alpha value is -1.00. The van der Waals surface area contributed by atoms with Gasteiger partial charge in [0, 0.05) is 17.9 Å². The molecule has 1 amide bonds. The maximum Gasteiger partial charge on any atom is 0.230 e. The van der Waals surface area contributed by atoms with Crippen molar-refractivity contribution in [3.05, 3.63) is 30.3 Å². The van der Waals surface area contributed by atoms with E-state index >= 15 is 0 Å². The highest BCUT2D eigenvalue weighted by molar-refractivity contribution is 8.00. The molecule has 1 aromatic rings. The summed E-state index contributed by atoms with van der Waals surface area (Å²) < 4.78 is 0. The van der Waals surface area contributed by atoms with Crippen molar-refractivity contribution in [2.45, 2.75) is 11.3 Å². The Morgan fingerprint density at radius 2 is 2.00 bits per heavy atom. The van der Waals surface area contributed by atoms with Gasteiger partial charge in [-0.2, -0.15) is 0 Å². The van der Waals surface area contributed by atoms with Gasteiger partial charge in [0.05, 0.1) is 26.4 Å². The van der Waals surface area contributed by atoms with Crippen molar-refractivity contribution in [2.75, 3.05) is 32.9 Å². The largest absolute Gasteiger partial charge is 0.355 e. The molecule has 0 bridgehead atoms. The summed E-state index contributed by atoms with van der Waals surface area (Å²) in [5.74, 6) is 0.617. The zero-order valence-corrected chi connectivity index (χ0v) is 11.3. The molecule has 1 aromatic carbocycles. The van der Waals surface area contributed by atoms with Crippen LogP contribution in [0.15, 0.2) is 35.2 Å². The summed E-state index contributed by atoms with van der Waals surface area (Å²) in [5, 5.41) is 2.94. The lowest BCUT2D eigenvalue weighted by molar-refractivity contribution is -0.858. The van der Waals surface area contributed by atoms with Crippen molar-refractivity contribution in [2.24, 2.45) is 0 Å². The van der Waals surface area contributed by atoms with E-state index in [-0.39, 0.29) is 5.91 Å². The molecule has 0 aromatic heterocycles. The van der Waals surface area contributed by atoms with Crippen LogP contribution in [0.2, 0.25) is 0 Å². The standard InChI is InChI=1S/C13H20N2OS/c1-15(2)10-6-9-14-13(16)11-17-12-7-4-3-5-8-12/h3-5,7-8H,6,9-11H2,1-2H3,(H,14,16)/p+1. The monoisotopic (exact) mass is 253 g/mol. The van der Waals surface area contributed by atoms with Gasteiger partial charge < -0.3 is 10.2 Å². The highest BCUT2D eigenvalue weighted by Crippen LogP contribution is 2.15. The van der Waals surface area contributed by atoms with E-state index in [0.717, 1.165) is 24.4 Å². The highest BCUT2D eigenvalue weighted by Gasteiger charge is 2.02. The fraction of sp³-hybridized carbons (Fsp3) is 0.462. The normalized spacial score (nSPS) is 10.5. The number of hydrogen-bond donors (Lipinski definition) is 2. The molecule has 3 nitrogen and oxygen atoms in total. The van der Waals surface area contributed by atoms with E-state index in [1.54, 1.807) is 11.8 Å². The number of amides is 1. The minimum absolute atomic E-state index is 0.118. The summed E-state index contributed by atoms with van der Waals surface area (Å²) in [6.07, 6.45) is 1.03. The van der Waals surface area contributed by atoms with Gasteiger partial charge >= 0.3 is 0 Å². The molecular formula is C13H21N2OS+. The first kappa shape index (κ1) is 14.1. The maximum absolute atomic E-state index is 11.5. The topological polar surface area (TPSA) is 33.5 Å². The quantitative estimate of drug-likeness (QED) is 0.546. The van der Waals surface area contributed by atoms with Crippen LogP contribution in [0.5, 0.6) is 0 Å². The van der Waals surface area contributed by atoms with Crippen molar-refractivity contribution in [3.63, 3.8) is 0 Å². The number of rotatable bonds is 7. The molecule has 2 N–H and O–H groups in total. The van der Waals surface area contributed by atoms with Crippen molar-refractivity contribution in [3.8, 4) is 0 Å². The van der Waals surface area contributed by atoms with Gasteiger partial charge in [0.2, 0.25) is 5.91 Å². The third-order valence-corrected chi connectivity index (χ3v) is 3.30. The van der Waals surface area contributed by atoms with Crippen molar-refractivity contribution in [1.29, 1.82) is 0 Å². The number of thioether (sulfide) groups is 1. The molecule has 0 spiro atoms. The summed E-state index contributed by atoms with van der Waals surface area (Å²) in [7, 11) is 4.24. The second-order valence-electron chi connectivity index (χ2n) is 4.26. The first-order chi connectivity index (χ1) is 8.18. The molecule has 4 heteroatoms. The van der Waals surface area contributed by atoms with Crippen molar-refractivity contribution in [1.82, 2.24) is 5.32 Å². The van der Waals surface area contributed by atoms with Crippen LogP contribution in [0.4, 0.5) is 0 Å². The van der Waals surface area contributed by atoms with Crippen LogP contribution in [0.3, 0.4) is 0 Å². The lowest BCUT2D eigenvalue weighted by atomic mass is 10.4. The van der Waals surface area contributed by atoms with Crippen molar-refractivity contribution < 1.29 is 9.69 Å². The van der Waals surface area contributed by atoms with Crippen LogP contribution >= 0.6 is 11.8 Å². The highest BCUT2D eigenvalue weighted by atomic mass is 32.2. The molecule has 0 unspecified atom stereocenters. The third kappa shape index (κ3) is 7.02. The van der Waals surface area contributed by atoms with Crippen LogP contribution in [0.25, 0.3) is 0 Å². The van der Waals surface area contributed by atoms with E-state index < -0.39 is 0 Å². The Morgan fingerprint density at radius 3 is 2.65 bits per heavy atom. The number of carbonyl (C=O) groups is 1. The van der Waals surface area contributed by atoms with E-state index in [0.29, 0.717) is 5.75 Å². The van der Waals surface area contributed by atoms with Gasteiger partial charge in [0.25, 0.3) is 0 Å². The van der Waals surface area contributed by atoms with Gasteiger partial charge in [0.15, 0.2) is 0 Å². The van der Waals surface area contributed by atoms with Gasteiger partial charge in [-0.1, -0.05) is 18.2 Å². The SMILES string of the molecule is C[NH+](C)CCCNC(=O)CSc1ccccc1. The Labute approximate surface area is 108 Å². The van der Waals surface area contributed by atoms with E-state index in [9.17, 15) is 4.79 Å². The molecule has 0 heterocycles. The predicted molar refractivity (Wildman–Crippen MR) is 72.5 cm³/mol. The van der Waals surface area contributed by atoms with Gasteiger partial charge in [-0.05, 0) is 12.1 Å². The average Bonchev–Trinajstić information content (AvgIpc) is 2.33. The molecule has 17 heavy (non-hydrogen) atoms. The lowest BCUT2D eigenvalue weighted by Gasteiger charge is -2.08. The van der Waals surface area contributed by atoms with Gasteiger partial charge in [-0.3, -0.25) is 4.79 Å². The number of quaternary nitrogens is 1. The summed E-state index contributed by atoms with van der Waals surface area (Å²) in [6, 6.07) is 9.99. The van der Waals surface area contributed by atoms with E-state index in [4.69, 9.17) is 0 Å². The van der Waals surface area contributed by atoms with E-state index in [1.165, 1.54) is 4.90 Å². The van der Waals surface area contributed by atoms with Gasteiger partial charge in [-0.15, -0.1) is 11.8 Å². The first-order valence-electron chi connectivity index (χ1n) is 5.92. The minimum Gasteiger partial charge on any atom is -0.355 e.